The van der Waals surface area contributed by atoms with Crippen LogP contribution in [-0.2, 0) is 0 Å². The van der Waals surface area contributed by atoms with E-state index < -0.39 is 11.8 Å². The molecule has 0 bridgehead atoms. The molecule has 0 aromatic carbocycles. The van der Waals surface area contributed by atoms with Crippen molar-refractivity contribution in [2.45, 2.75) is 37.5 Å². The summed E-state index contributed by atoms with van der Waals surface area (Å²) in [5, 5.41) is 0.546. The lowest BCUT2D eigenvalue weighted by Crippen LogP contribution is -2.22. The summed E-state index contributed by atoms with van der Waals surface area (Å²) in [6, 6.07) is 3.32. The van der Waals surface area contributed by atoms with E-state index in [4.69, 9.17) is 0 Å². The summed E-state index contributed by atoms with van der Waals surface area (Å²) in [4.78, 5) is 19.3. The van der Waals surface area contributed by atoms with Crippen LogP contribution < -0.4 is 5.43 Å². The quantitative estimate of drug-likeness (QED) is 0.874. The van der Waals surface area contributed by atoms with Crippen LogP contribution in [0.5, 0.6) is 0 Å². The van der Waals surface area contributed by atoms with E-state index in [2.05, 4.69) is 9.97 Å². The van der Waals surface area contributed by atoms with Crippen molar-refractivity contribution in [3.05, 3.63) is 40.4 Å². The first-order chi connectivity index (χ1) is 10.0. The molecular formula is C16H16F2N2O. The van der Waals surface area contributed by atoms with E-state index in [0.717, 1.165) is 17.6 Å². The van der Waals surface area contributed by atoms with Gasteiger partial charge in [0.2, 0.25) is 0 Å². The maximum atomic E-state index is 13.8. The summed E-state index contributed by atoms with van der Waals surface area (Å²) in [5.74, 6) is -2.90. The van der Waals surface area contributed by atoms with Gasteiger partial charge in [0.15, 0.2) is 5.43 Å². The zero-order valence-corrected chi connectivity index (χ0v) is 11.5. The standard InChI is InChI=1S/C16H16F2N2O/c17-16(18)3-1-9-5-10(6-12(9)16)14-7-15(21)11-8-19-4-2-13(11)20-14/h2,4,7-10,12H,1,3,5-6H2,(H,20,21). The number of hydrogen-bond acceptors (Lipinski definition) is 2. The molecule has 2 aromatic heterocycles. The maximum Gasteiger partial charge on any atom is 0.251 e. The summed E-state index contributed by atoms with van der Waals surface area (Å²) in [5.41, 5.74) is 1.44. The largest absolute Gasteiger partial charge is 0.358 e. The van der Waals surface area contributed by atoms with Crippen LogP contribution in [0.3, 0.4) is 0 Å². The third-order valence-corrected chi connectivity index (χ3v) is 5.18. The molecule has 110 valence electrons. The van der Waals surface area contributed by atoms with E-state index in [0.29, 0.717) is 18.2 Å². The molecule has 5 heteroatoms. The Morgan fingerprint density at radius 3 is 3.00 bits per heavy atom. The molecule has 0 spiro atoms. The maximum absolute atomic E-state index is 13.8. The monoisotopic (exact) mass is 290 g/mol. The van der Waals surface area contributed by atoms with E-state index in [-0.39, 0.29) is 23.7 Å². The fourth-order valence-corrected chi connectivity index (χ4v) is 4.11. The third kappa shape index (κ3) is 1.98. The van der Waals surface area contributed by atoms with Crippen LogP contribution in [0, 0.1) is 11.8 Å². The van der Waals surface area contributed by atoms with Crippen molar-refractivity contribution in [1.82, 2.24) is 9.97 Å². The van der Waals surface area contributed by atoms with E-state index in [1.807, 2.05) is 0 Å². The lowest BCUT2D eigenvalue weighted by molar-refractivity contribution is -0.0412. The molecule has 1 N–H and O–H groups in total. The lowest BCUT2D eigenvalue weighted by Gasteiger charge is -2.18. The number of halogens is 2. The normalized spacial score (nSPS) is 30.7. The van der Waals surface area contributed by atoms with Crippen LogP contribution in [0.15, 0.2) is 29.3 Å². The van der Waals surface area contributed by atoms with Crippen molar-refractivity contribution in [3.8, 4) is 0 Å². The second-order valence-corrected chi connectivity index (χ2v) is 6.34. The second-order valence-electron chi connectivity index (χ2n) is 6.34. The molecule has 0 aliphatic heterocycles. The Bertz CT molecular complexity index is 755. The average Bonchev–Trinajstić information content (AvgIpc) is 3.00. The third-order valence-electron chi connectivity index (χ3n) is 5.18. The van der Waals surface area contributed by atoms with Gasteiger partial charge in [-0.2, -0.15) is 0 Å². The zero-order chi connectivity index (χ0) is 14.6. The topological polar surface area (TPSA) is 45.8 Å². The van der Waals surface area contributed by atoms with Gasteiger partial charge in [-0.3, -0.25) is 9.78 Å². The first-order valence-electron chi connectivity index (χ1n) is 7.39. The Morgan fingerprint density at radius 2 is 2.19 bits per heavy atom. The highest BCUT2D eigenvalue weighted by Gasteiger charge is 2.54. The molecular weight excluding hydrogens is 274 g/mol. The number of rotatable bonds is 1. The van der Waals surface area contributed by atoms with Crippen LogP contribution in [-0.4, -0.2) is 15.9 Å². The van der Waals surface area contributed by atoms with Gasteiger partial charge >= 0.3 is 0 Å². The Kier molecular flexibility index (Phi) is 2.68. The summed E-state index contributed by atoms with van der Waals surface area (Å²) in [6.45, 7) is 0. The van der Waals surface area contributed by atoms with Gasteiger partial charge < -0.3 is 4.98 Å². The Morgan fingerprint density at radius 1 is 1.33 bits per heavy atom. The smallest absolute Gasteiger partial charge is 0.251 e. The van der Waals surface area contributed by atoms with Crippen LogP contribution in [0.2, 0.25) is 0 Å². The molecule has 3 unspecified atom stereocenters. The van der Waals surface area contributed by atoms with Crippen molar-refractivity contribution in [2.75, 3.05) is 0 Å². The predicted molar refractivity (Wildman–Crippen MR) is 75.5 cm³/mol. The highest BCUT2D eigenvalue weighted by Crippen LogP contribution is 2.56. The minimum atomic E-state index is -2.53. The number of nitrogens with zero attached hydrogens (tertiary/aromatic N) is 1. The molecule has 2 saturated carbocycles. The average molecular weight is 290 g/mol. The minimum Gasteiger partial charge on any atom is -0.358 e. The van der Waals surface area contributed by atoms with Crippen molar-refractivity contribution in [1.29, 1.82) is 0 Å². The van der Waals surface area contributed by atoms with Gasteiger partial charge in [-0.05, 0) is 37.2 Å². The van der Waals surface area contributed by atoms with E-state index in [1.165, 1.54) is 6.20 Å². The Hall–Kier alpha value is -1.78. The number of fused-ring (bicyclic) bond motifs is 2. The predicted octanol–water partition coefficient (Wildman–Crippen LogP) is 3.46. The van der Waals surface area contributed by atoms with Gasteiger partial charge in [0, 0.05) is 36.5 Å². The number of H-pyrrole nitrogens is 1. The fourth-order valence-electron chi connectivity index (χ4n) is 4.11. The Balaban J connectivity index is 1.71. The second kappa shape index (κ2) is 4.36. The first kappa shape index (κ1) is 12.9. The SMILES string of the molecule is O=c1cc(C2CC3CCC(F)(F)C3C2)[nH]c2ccncc12. The fraction of sp³-hybridized carbons (Fsp3) is 0.500. The Labute approximate surface area is 120 Å². The van der Waals surface area contributed by atoms with Crippen molar-refractivity contribution in [2.24, 2.45) is 11.8 Å². The van der Waals surface area contributed by atoms with Gasteiger partial charge in [0.1, 0.15) is 0 Å². The van der Waals surface area contributed by atoms with Crippen LogP contribution in [0.1, 0.15) is 37.3 Å². The highest BCUT2D eigenvalue weighted by atomic mass is 19.3. The number of hydrogen-bond donors (Lipinski definition) is 1. The van der Waals surface area contributed by atoms with E-state index in [9.17, 15) is 13.6 Å². The molecule has 0 radical (unpaired) electrons. The minimum absolute atomic E-state index is 0.0228. The summed E-state index contributed by atoms with van der Waals surface area (Å²) in [7, 11) is 0. The van der Waals surface area contributed by atoms with Crippen molar-refractivity contribution < 1.29 is 8.78 Å². The number of nitrogens with one attached hydrogen (secondary N) is 1. The van der Waals surface area contributed by atoms with Crippen molar-refractivity contribution in [3.63, 3.8) is 0 Å². The summed E-state index contributed by atoms with van der Waals surface area (Å²) >= 11 is 0. The first-order valence-corrected chi connectivity index (χ1v) is 7.39. The highest BCUT2D eigenvalue weighted by molar-refractivity contribution is 5.77. The molecule has 4 rings (SSSR count). The van der Waals surface area contributed by atoms with Gasteiger partial charge in [0.05, 0.1) is 10.9 Å². The molecule has 2 aliphatic carbocycles. The number of aromatic nitrogens is 2. The van der Waals surface area contributed by atoms with E-state index in [1.54, 1.807) is 18.3 Å². The van der Waals surface area contributed by atoms with Gasteiger partial charge in [-0.1, -0.05) is 0 Å². The van der Waals surface area contributed by atoms with Gasteiger partial charge in [0.25, 0.3) is 5.92 Å². The molecule has 21 heavy (non-hydrogen) atoms. The summed E-state index contributed by atoms with van der Waals surface area (Å²) in [6.07, 6.45) is 5.02. The molecule has 2 aliphatic rings. The van der Waals surface area contributed by atoms with Crippen LogP contribution >= 0.6 is 0 Å². The molecule has 2 heterocycles. The molecule has 3 atom stereocenters. The number of aromatic amines is 1. The molecule has 2 aromatic rings. The van der Waals surface area contributed by atoms with Crippen LogP contribution in [0.25, 0.3) is 10.9 Å². The molecule has 3 nitrogen and oxygen atoms in total. The molecule has 0 saturated heterocycles. The summed E-state index contributed by atoms with van der Waals surface area (Å²) < 4.78 is 27.7. The molecule has 0 amide bonds. The zero-order valence-electron chi connectivity index (χ0n) is 11.5. The van der Waals surface area contributed by atoms with Crippen LogP contribution in [0.4, 0.5) is 8.78 Å². The van der Waals surface area contributed by atoms with E-state index >= 15 is 0 Å². The van der Waals surface area contributed by atoms with Gasteiger partial charge in [-0.25, -0.2) is 8.78 Å². The lowest BCUT2D eigenvalue weighted by atomic mass is 9.97. The van der Waals surface area contributed by atoms with Crippen molar-refractivity contribution >= 4 is 10.9 Å². The molecule has 2 fully saturated rings. The number of alkyl halides is 2. The number of pyridine rings is 2. The van der Waals surface area contributed by atoms with Gasteiger partial charge in [-0.15, -0.1) is 0 Å².